The summed E-state index contributed by atoms with van der Waals surface area (Å²) in [5.74, 6) is -0.945. The topological polar surface area (TPSA) is 92.2 Å². The molecule has 7 nitrogen and oxygen atoms in total. The SMILES string of the molecule is O=C(NCCCc1ccccc1)c1nnn2c1c(=O)[nH]c1cc(F)ccc12. The summed E-state index contributed by atoms with van der Waals surface area (Å²) in [6.07, 6.45) is 1.59. The molecule has 27 heavy (non-hydrogen) atoms. The standard InChI is InChI=1S/C19H16FN5O2/c20-13-8-9-15-14(11-13)22-19(27)17-16(23-24-25(15)17)18(26)21-10-4-7-12-5-2-1-3-6-12/h1-3,5-6,8-9,11H,4,7,10H2,(H,21,26)(H,22,27). The van der Waals surface area contributed by atoms with E-state index in [-0.39, 0.29) is 16.7 Å². The molecule has 2 heterocycles. The van der Waals surface area contributed by atoms with E-state index in [2.05, 4.69) is 20.6 Å². The minimum Gasteiger partial charge on any atom is -0.351 e. The predicted molar refractivity (Wildman–Crippen MR) is 98.2 cm³/mol. The fourth-order valence-corrected chi connectivity index (χ4v) is 3.00. The van der Waals surface area contributed by atoms with Gasteiger partial charge in [0.2, 0.25) is 0 Å². The number of hydrogen-bond donors (Lipinski definition) is 2. The molecule has 0 saturated carbocycles. The largest absolute Gasteiger partial charge is 0.351 e. The zero-order chi connectivity index (χ0) is 18.8. The summed E-state index contributed by atoms with van der Waals surface area (Å²) in [4.78, 5) is 27.3. The van der Waals surface area contributed by atoms with E-state index >= 15 is 0 Å². The molecule has 1 amide bonds. The lowest BCUT2D eigenvalue weighted by molar-refractivity contribution is 0.0949. The third kappa shape index (κ3) is 3.29. The Morgan fingerprint density at radius 3 is 2.81 bits per heavy atom. The maximum Gasteiger partial charge on any atom is 0.277 e. The number of aryl methyl sites for hydroxylation is 1. The lowest BCUT2D eigenvalue weighted by atomic mass is 10.1. The van der Waals surface area contributed by atoms with Crippen LogP contribution < -0.4 is 10.9 Å². The molecule has 4 rings (SSSR count). The van der Waals surface area contributed by atoms with E-state index in [4.69, 9.17) is 0 Å². The fraction of sp³-hybridized carbons (Fsp3) is 0.158. The molecule has 2 aromatic heterocycles. The Kier molecular flexibility index (Phi) is 4.37. The van der Waals surface area contributed by atoms with E-state index in [0.29, 0.717) is 12.1 Å². The van der Waals surface area contributed by atoms with Crippen molar-refractivity contribution in [1.29, 1.82) is 0 Å². The van der Waals surface area contributed by atoms with Gasteiger partial charge in [0.1, 0.15) is 5.82 Å². The summed E-state index contributed by atoms with van der Waals surface area (Å²) in [5.41, 5.74) is 1.37. The van der Waals surface area contributed by atoms with Crippen molar-refractivity contribution in [1.82, 2.24) is 25.1 Å². The summed E-state index contributed by atoms with van der Waals surface area (Å²) < 4.78 is 14.6. The van der Waals surface area contributed by atoms with E-state index in [0.717, 1.165) is 12.8 Å². The van der Waals surface area contributed by atoms with Gasteiger partial charge in [0.05, 0.1) is 11.0 Å². The lowest BCUT2D eigenvalue weighted by Gasteiger charge is -2.04. The van der Waals surface area contributed by atoms with Gasteiger partial charge >= 0.3 is 0 Å². The van der Waals surface area contributed by atoms with Crippen LogP contribution in [-0.4, -0.2) is 32.3 Å². The van der Waals surface area contributed by atoms with Crippen LogP contribution in [-0.2, 0) is 6.42 Å². The Labute approximate surface area is 152 Å². The van der Waals surface area contributed by atoms with Crippen molar-refractivity contribution >= 4 is 22.5 Å². The molecule has 0 spiro atoms. The second-order valence-electron chi connectivity index (χ2n) is 6.16. The van der Waals surface area contributed by atoms with Crippen LogP contribution in [0.3, 0.4) is 0 Å². The average molecular weight is 365 g/mol. The summed E-state index contributed by atoms with van der Waals surface area (Å²) in [5, 5.41) is 10.5. The van der Waals surface area contributed by atoms with Gasteiger partial charge in [-0.3, -0.25) is 9.59 Å². The van der Waals surface area contributed by atoms with Gasteiger partial charge in [-0.05, 0) is 36.6 Å². The van der Waals surface area contributed by atoms with Crippen LogP contribution in [0.25, 0.3) is 16.6 Å². The maximum absolute atomic E-state index is 13.4. The third-order valence-corrected chi connectivity index (χ3v) is 4.31. The van der Waals surface area contributed by atoms with Crippen molar-refractivity contribution in [3.63, 3.8) is 0 Å². The number of H-pyrrole nitrogens is 1. The van der Waals surface area contributed by atoms with Gasteiger partial charge in [0.15, 0.2) is 11.2 Å². The van der Waals surface area contributed by atoms with Gasteiger partial charge in [-0.15, -0.1) is 5.10 Å². The molecule has 0 aliphatic heterocycles. The van der Waals surface area contributed by atoms with Gasteiger partial charge in [-0.1, -0.05) is 35.5 Å². The number of benzene rings is 2. The second-order valence-corrected chi connectivity index (χ2v) is 6.16. The molecule has 136 valence electrons. The van der Waals surface area contributed by atoms with Crippen LogP contribution in [0.1, 0.15) is 22.5 Å². The lowest BCUT2D eigenvalue weighted by Crippen LogP contribution is -2.26. The van der Waals surface area contributed by atoms with Crippen molar-refractivity contribution in [2.24, 2.45) is 0 Å². The molecule has 0 saturated heterocycles. The molecule has 8 heteroatoms. The zero-order valence-electron chi connectivity index (χ0n) is 14.3. The van der Waals surface area contributed by atoms with Crippen LogP contribution in [0.15, 0.2) is 53.3 Å². The number of carbonyl (C=O) groups excluding carboxylic acids is 1. The zero-order valence-corrected chi connectivity index (χ0v) is 14.3. The third-order valence-electron chi connectivity index (χ3n) is 4.31. The normalized spacial score (nSPS) is 11.1. The number of nitrogens with zero attached hydrogens (tertiary/aromatic N) is 3. The van der Waals surface area contributed by atoms with Gasteiger partial charge in [0, 0.05) is 6.54 Å². The first-order valence-corrected chi connectivity index (χ1v) is 8.52. The molecule has 2 aromatic carbocycles. The number of hydrogen-bond acceptors (Lipinski definition) is 4. The summed E-state index contributed by atoms with van der Waals surface area (Å²) >= 11 is 0. The number of aromatic amines is 1. The molecule has 0 fully saturated rings. The maximum atomic E-state index is 13.4. The number of halogens is 1. The average Bonchev–Trinajstić information content (AvgIpc) is 3.12. The van der Waals surface area contributed by atoms with Crippen molar-refractivity contribution < 1.29 is 9.18 Å². The second kappa shape index (κ2) is 6.99. The number of rotatable bonds is 5. The van der Waals surface area contributed by atoms with Crippen LogP contribution in [0.2, 0.25) is 0 Å². The van der Waals surface area contributed by atoms with Crippen LogP contribution >= 0.6 is 0 Å². The highest BCUT2D eigenvalue weighted by Crippen LogP contribution is 2.14. The Hall–Kier alpha value is -3.55. The molecular weight excluding hydrogens is 349 g/mol. The molecule has 4 aromatic rings. The molecule has 0 aliphatic carbocycles. The number of fused-ring (bicyclic) bond motifs is 3. The van der Waals surface area contributed by atoms with Crippen molar-refractivity contribution in [3.05, 3.63) is 76.0 Å². The van der Waals surface area contributed by atoms with Gasteiger partial charge in [0.25, 0.3) is 11.5 Å². The highest BCUT2D eigenvalue weighted by atomic mass is 19.1. The van der Waals surface area contributed by atoms with E-state index in [9.17, 15) is 14.0 Å². The first kappa shape index (κ1) is 16.9. The summed E-state index contributed by atoms with van der Waals surface area (Å²) in [6, 6.07) is 13.9. The number of nitrogens with one attached hydrogen (secondary N) is 2. The molecule has 2 N–H and O–H groups in total. The number of carbonyl (C=O) groups is 1. The van der Waals surface area contributed by atoms with E-state index in [1.54, 1.807) is 0 Å². The summed E-state index contributed by atoms with van der Waals surface area (Å²) in [7, 11) is 0. The first-order chi connectivity index (χ1) is 13.1. The van der Waals surface area contributed by atoms with Crippen molar-refractivity contribution in [2.45, 2.75) is 12.8 Å². The molecule has 0 aliphatic rings. The Balaban J connectivity index is 1.54. The Morgan fingerprint density at radius 1 is 1.19 bits per heavy atom. The summed E-state index contributed by atoms with van der Waals surface area (Å²) in [6.45, 7) is 0.448. The van der Waals surface area contributed by atoms with Crippen molar-refractivity contribution in [3.8, 4) is 0 Å². The quantitative estimate of drug-likeness (QED) is 0.530. The van der Waals surface area contributed by atoms with Crippen molar-refractivity contribution in [2.75, 3.05) is 6.54 Å². The monoisotopic (exact) mass is 365 g/mol. The minimum absolute atomic E-state index is 0.0367. The van der Waals surface area contributed by atoms with Gasteiger partial charge in [-0.25, -0.2) is 8.91 Å². The fourth-order valence-electron chi connectivity index (χ4n) is 3.00. The van der Waals surface area contributed by atoms with Gasteiger partial charge < -0.3 is 10.3 Å². The highest BCUT2D eigenvalue weighted by Gasteiger charge is 2.19. The van der Waals surface area contributed by atoms with Crippen LogP contribution in [0, 0.1) is 5.82 Å². The van der Waals surface area contributed by atoms with E-state index < -0.39 is 17.3 Å². The Bertz CT molecular complexity index is 1180. The first-order valence-electron chi connectivity index (χ1n) is 8.52. The van der Waals surface area contributed by atoms with E-state index in [1.165, 1.54) is 28.3 Å². The molecular formula is C19H16FN5O2. The molecule has 0 unspecified atom stereocenters. The van der Waals surface area contributed by atoms with Gasteiger partial charge in [-0.2, -0.15) is 0 Å². The smallest absolute Gasteiger partial charge is 0.277 e. The molecule has 0 radical (unpaired) electrons. The molecule has 0 bridgehead atoms. The highest BCUT2D eigenvalue weighted by molar-refractivity contribution is 5.99. The number of amides is 1. The number of aromatic nitrogens is 4. The minimum atomic E-state index is -0.549. The van der Waals surface area contributed by atoms with Crippen LogP contribution in [0.5, 0.6) is 0 Å². The van der Waals surface area contributed by atoms with Crippen LogP contribution in [0.4, 0.5) is 4.39 Å². The predicted octanol–water partition coefficient (Wildman–Crippen LogP) is 2.07. The molecule has 0 atom stereocenters. The van der Waals surface area contributed by atoms with E-state index in [1.807, 2.05) is 30.3 Å². The Morgan fingerprint density at radius 2 is 2.00 bits per heavy atom.